The monoisotopic (exact) mass is 295 g/mol. The summed E-state index contributed by atoms with van der Waals surface area (Å²) in [7, 11) is 0. The van der Waals surface area contributed by atoms with Crippen LogP contribution in [0, 0.1) is 10.1 Å². The van der Waals surface area contributed by atoms with Crippen LogP contribution in [0.25, 0.3) is 21.8 Å². The van der Waals surface area contributed by atoms with Crippen LogP contribution in [0.15, 0.2) is 42.5 Å². The maximum Gasteiger partial charge on any atom is 0.271 e. The highest BCUT2D eigenvalue weighted by molar-refractivity contribution is 6.12. The van der Waals surface area contributed by atoms with Crippen LogP contribution < -0.4 is 5.32 Å². The fourth-order valence-electron chi connectivity index (χ4n) is 2.36. The predicted octanol–water partition coefficient (Wildman–Crippen LogP) is 3.64. The third-order valence-corrected chi connectivity index (χ3v) is 3.46. The highest BCUT2D eigenvalue weighted by atomic mass is 16.6. The lowest BCUT2D eigenvalue weighted by Crippen LogP contribution is -2.10. The molecule has 0 spiro atoms. The van der Waals surface area contributed by atoms with Gasteiger partial charge in [-0.3, -0.25) is 14.9 Å². The number of carbonyl (C=O) groups excluding carboxylic acids is 1. The molecule has 0 fully saturated rings. The van der Waals surface area contributed by atoms with Gasteiger partial charge in [-0.25, -0.2) is 4.98 Å². The molecule has 0 radical (unpaired) electrons. The van der Waals surface area contributed by atoms with Crippen molar-refractivity contribution in [2.24, 2.45) is 0 Å². The highest BCUT2D eigenvalue weighted by Gasteiger charge is 2.14. The molecule has 0 aliphatic rings. The van der Waals surface area contributed by atoms with Gasteiger partial charge in [0.25, 0.3) is 5.69 Å². The number of hydrogen-bond acceptors (Lipinski definition) is 4. The molecule has 0 bridgehead atoms. The predicted molar refractivity (Wildman–Crippen MR) is 84.8 cm³/mol. The summed E-state index contributed by atoms with van der Waals surface area (Å²) >= 11 is 0. The Balaban J connectivity index is 2.34. The molecule has 3 rings (SSSR count). The molecule has 0 atom stereocenters. The number of nitro benzene ring substituents is 1. The molecule has 2 aromatic carbocycles. The first-order chi connectivity index (χ1) is 10.6. The van der Waals surface area contributed by atoms with E-state index in [1.807, 2.05) is 24.3 Å². The van der Waals surface area contributed by atoms with E-state index in [0.29, 0.717) is 28.5 Å². The molecule has 6 nitrogen and oxygen atoms in total. The van der Waals surface area contributed by atoms with Gasteiger partial charge in [-0.05, 0) is 12.1 Å². The molecule has 22 heavy (non-hydrogen) atoms. The van der Waals surface area contributed by atoms with E-state index in [0.717, 1.165) is 5.39 Å². The number of fused-ring (bicyclic) bond motifs is 2. The third-order valence-electron chi connectivity index (χ3n) is 3.46. The summed E-state index contributed by atoms with van der Waals surface area (Å²) in [6.07, 6.45) is 0.352. The van der Waals surface area contributed by atoms with Crippen LogP contribution in [0.5, 0.6) is 0 Å². The molecule has 0 saturated carbocycles. The quantitative estimate of drug-likeness (QED) is 0.454. The second-order valence-corrected chi connectivity index (χ2v) is 4.86. The Morgan fingerprint density at radius 3 is 2.64 bits per heavy atom. The van der Waals surface area contributed by atoms with E-state index in [9.17, 15) is 14.9 Å². The Morgan fingerprint density at radius 2 is 1.91 bits per heavy atom. The summed E-state index contributed by atoms with van der Waals surface area (Å²) in [5.41, 5.74) is 1.78. The number of amides is 1. The number of aromatic nitrogens is 1. The van der Waals surface area contributed by atoms with Gasteiger partial charge in [-0.15, -0.1) is 0 Å². The Labute approximate surface area is 125 Å². The number of carbonyl (C=O) groups is 1. The Kier molecular flexibility index (Phi) is 3.42. The molecule has 1 heterocycles. The maximum absolute atomic E-state index is 11.8. The van der Waals surface area contributed by atoms with Crippen molar-refractivity contribution in [3.63, 3.8) is 0 Å². The Morgan fingerprint density at radius 1 is 1.18 bits per heavy atom. The molecule has 0 unspecified atom stereocenters. The normalized spacial score (nSPS) is 10.8. The van der Waals surface area contributed by atoms with Crippen molar-refractivity contribution in [2.45, 2.75) is 13.3 Å². The average molecular weight is 295 g/mol. The van der Waals surface area contributed by atoms with E-state index in [4.69, 9.17) is 0 Å². The summed E-state index contributed by atoms with van der Waals surface area (Å²) < 4.78 is 0. The first-order valence-electron chi connectivity index (χ1n) is 6.87. The van der Waals surface area contributed by atoms with E-state index in [1.54, 1.807) is 13.0 Å². The molecule has 110 valence electrons. The minimum Gasteiger partial charge on any atom is -0.325 e. The van der Waals surface area contributed by atoms with Gasteiger partial charge in [0.15, 0.2) is 0 Å². The van der Waals surface area contributed by atoms with E-state index in [2.05, 4.69) is 10.3 Å². The number of para-hydroxylation sites is 1. The zero-order valence-corrected chi connectivity index (χ0v) is 11.9. The zero-order valence-electron chi connectivity index (χ0n) is 11.9. The number of anilines is 1. The largest absolute Gasteiger partial charge is 0.325 e. The highest BCUT2D eigenvalue weighted by Crippen LogP contribution is 2.32. The van der Waals surface area contributed by atoms with Crippen molar-refractivity contribution >= 4 is 39.1 Å². The van der Waals surface area contributed by atoms with Crippen molar-refractivity contribution < 1.29 is 9.72 Å². The molecule has 0 saturated heterocycles. The molecule has 1 aromatic heterocycles. The Hall–Kier alpha value is -3.02. The van der Waals surface area contributed by atoms with Crippen molar-refractivity contribution in [3.05, 3.63) is 52.6 Å². The molecule has 6 heteroatoms. The van der Waals surface area contributed by atoms with Gasteiger partial charge in [0.2, 0.25) is 5.91 Å². The molecule has 0 aliphatic heterocycles. The number of nitrogens with one attached hydrogen (secondary N) is 1. The molecular weight excluding hydrogens is 282 g/mol. The van der Waals surface area contributed by atoms with Crippen molar-refractivity contribution in [3.8, 4) is 0 Å². The average Bonchev–Trinajstić information content (AvgIpc) is 2.53. The summed E-state index contributed by atoms with van der Waals surface area (Å²) in [5.74, 6) is -0.115. The van der Waals surface area contributed by atoms with Gasteiger partial charge in [0, 0.05) is 29.3 Å². The molecule has 1 N–H and O–H groups in total. The van der Waals surface area contributed by atoms with Crippen LogP contribution >= 0.6 is 0 Å². The van der Waals surface area contributed by atoms with Gasteiger partial charge in [0.05, 0.1) is 21.6 Å². The summed E-state index contributed by atoms with van der Waals surface area (Å²) in [5, 5.41) is 15.3. The number of nitrogens with zero attached hydrogens (tertiary/aromatic N) is 2. The number of benzene rings is 2. The van der Waals surface area contributed by atoms with Gasteiger partial charge in [-0.2, -0.15) is 0 Å². The zero-order chi connectivity index (χ0) is 15.7. The fraction of sp³-hybridized carbons (Fsp3) is 0.125. The fourth-order valence-corrected chi connectivity index (χ4v) is 2.36. The van der Waals surface area contributed by atoms with Crippen molar-refractivity contribution in [1.82, 2.24) is 4.98 Å². The number of hydrogen-bond donors (Lipinski definition) is 1. The van der Waals surface area contributed by atoms with Crippen LogP contribution in [0.1, 0.15) is 13.3 Å². The molecular formula is C16H13N3O3. The molecule has 3 aromatic rings. The second-order valence-electron chi connectivity index (χ2n) is 4.86. The third kappa shape index (κ3) is 2.35. The lowest BCUT2D eigenvalue weighted by molar-refractivity contribution is -0.384. The van der Waals surface area contributed by atoms with Crippen LogP contribution in [0.2, 0.25) is 0 Å². The van der Waals surface area contributed by atoms with Crippen LogP contribution in [0.3, 0.4) is 0 Å². The van der Waals surface area contributed by atoms with E-state index >= 15 is 0 Å². The molecule has 1 amide bonds. The van der Waals surface area contributed by atoms with Crippen molar-refractivity contribution in [1.29, 1.82) is 0 Å². The van der Waals surface area contributed by atoms with E-state index in [1.165, 1.54) is 12.1 Å². The smallest absolute Gasteiger partial charge is 0.271 e. The number of nitro groups is 1. The minimum atomic E-state index is -0.458. The number of non-ortho nitro benzene ring substituents is 1. The standard InChI is InChI=1S/C16H13N3O3/c1-2-15(20)18-16-11-5-3-4-6-13(11)17-14-9-10(19(21)22)7-8-12(14)16/h3-9H,2H2,1H3,(H,17,18,20). The summed E-state index contributed by atoms with van der Waals surface area (Å²) in [6, 6.07) is 11.8. The maximum atomic E-state index is 11.8. The topological polar surface area (TPSA) is 85.1 Å². The summed E-state index contributed by atoms with van der Waals surface area (Å²) in [6.45, 7) is 1.77. The van der Waals surface area contributed by atoms with Crippen LogP contribution in [-0.4, -0.2) is 15.8 Å². The van der Waals surface area contributed by atoms with Gasteiger partial charge in [-0.1, -0.05) is 25.1 Å². The van der Waals surface area contributed by atoms with E-state index < -0.39 is 4.92 Å². The first-order valence-corrected chi connectivity index (χ1v) is 6.87. The van der Waals surface area contributed by atoms with Crippen molar-refractivity contribution in [2.75, 3.05) is 5.32 Å². The molecule has 0 aliphatic carbocycles. The number of rotatable bonds is 3. The first kappa shape index (κ1) is 13.9. The Bertz CT molecular complexity index is 906. The van der Waals surface area contributed by atoms with Gasteiger partial charge < -0.3 is 5.32 Å². The lowest BCUT2D eigenvalue weighted by Gasteiger charge is -2.11. The second kappa shape index (κ2) is 5.40. The van der Waals surface area contributed by atoms with Crippen LogP contribution in [0.4, 0.5) is 11.4 Å². The summed E-state index contributed by atoms with van der Waals surface area (Å²) in [4.78, 5) is 26.7. The van der Waals surface area contributed by atoms with Gasteiger partial charge in [0.1, 0.15) is 0 Å². The number of pyridine rings is 1. The van der Waals surface area contributed by atoms with E-state index in [-0.39, 0.29) is 11.6 Å². The van der Waals surface area contributed by atoms with Crippen LogP contribution in [-0.2, 0) is 4.79 Å². The lowest BCUT2D eigenvalue weighted by atomic mass is 10.1. The van der Waals surface area contributed by atoms with Gasteiger partial charge >= 0.3 is 0 Å². The SMILES string of the molecule is CCC(=O)Nc1c2ccccc2nc2cc([N+](=O)[O-])ccc12. The minimum absolute atomic E-state index is 0.0250.